The van der Waals surface area contributed by atoms with Crippen molar-refractivity contribution < 1.29 is 38.3 Å². The van der Waals surface area contributed by atoms with Crippen LogP contribution in [0.5, 0.6) is 0 Å². The van der Waals surface area contributed by atoms with Crippen LogP contribution in [0.2, 0.25) is 0 Å². The van der Waals surface area contributed by atoms with Crippen molar-refractivity contribution >= 4 is 40.9 Å². The van der Waals surface area contributed by atoms with Crippen molar-refractivity contribution in [3.05, 3.63) is 0 Å². The summed E-state index contributed by atoms with van der Waals surface area (Å²) in [5.74, 6) is -2.64. The van der Waals surface area contributed by atoms with Crippen LogP contribution in [-0.4, -0.2) is 40.9 Å². The fraction of sp³-hybridized carbons (Fsp3) is 0.720. The third-order valence-corrected chi connectivity index (χ3v) is 4.39. The molecule has 2 aliphatic rings. The summed E-state index contributed by atoms with van der Waals surface area (Å²) in [6.45, 7) is 11.3. The topological polar surface area (TPSA) is 129 Å². The number of carbonyl (C=O) groups is 7. The third kappa shape index (κ3) is 15.9. The molecule has 2 saturated carbocycles. The number of esters is 2. The highest BCUT2D eigenvalue weighted by atomic mass is 16.6. The molecule has 0 aromatic rings. The molecule has 0 aliphatic heterocycles. The summed E-state index contributed by atoms with van der Waals surface area (Å²) >= 11 is 0. The van der Waals surface area contributed by atoms with Gasteiger partial charge in [-0.2, -0.15) is 0 Å². The summed E-state index contributed by atoms with van der Waals surface area (Å²) in [6, 6.07) is 0. The van der Waals surface area contributed by atoms with Gasteiger partial charge in [0.05, 0.1) is 6.42 Å². The highest BCUT2D eigenvalue weighted by Crippen LogP contribution is 2.34. The highest BCUT2D eigenvalue weighted by Gasteiger charge is 2.41. The molecule has 2 fully saturated rings. The maximum atomic E-state index is 11.4. The van der Waals surface area contributed by atoms with E-state index in [9.17, 15) is 33.6 Å². The minimum atomic E-state index is -0.965. The van der Waals surface area contributed by atoms with Crippen LogP contribution >= 0.6 is 0 Å². The SMILES string of the molecule is C.C.C.CC(=O)C1C(=O)CC(C)(C)CC1=O.CC(=O)OC(C)=O.CC1(C)CC(=O)CC(=O)C1. The molecule has 0 bridgehead atoms. The molecule has 0 atom stereocenters. The molecular formula is C25H44O8. The molecule has 2 aliphatic carbocycles. The Morgan fingerprint density at radius 1 is 0.667 bits per heavy atom. The zero-order valence-electron chi connectivity index (χ0n) is 18.9. The van der Waals surface area contributed by atoms with Crippen LogP contribution < -0.4 is 0 Å². The van der Waals surface area contributed by atoms with Crippen molar-refractivity contribution in [2.45, 2.75) is 103 Å². The van der Waals surface area contributed by atoms with E-state index in [2.05, 4.69) is 4.74 Å². The number of hydrogen-bond donors (Lipinski definition) is 0. The standard InChI is InChI=1S/C10H14O3.C8H12O2.C4H6O3.3CH4/c1-6(11)9-7(12)4-10(2,3)5-8(9)13;1-8(2)4-6(9)3-7(10)5-8;1-3(5)7-4(2)6;;;/h9H,4-5H2,1-3H3;3-5H2,1-2H3;1-2H3;3*1H4. The number of ketones is 5. The fourth-order valence-corrected chi connectivity index (χ4v) is 3.52. The van der Waals surface area contributed by atoms with Crippen molar-refractivity contribution in [2.24, 2.45) is 16.7 Å². The first-order valence-corrected chi connectivity index (χ1v) is 9.74. The van der Waals surface area contributed by atoms with Gasteiger partial charge in [-0.3, -0.25) is 33.6 Å². The van der Waals surface area contributed by atoms with Gasteiger partial charge in [0.15, 0.2) is 11.6 Å². The Balaban J connectivity index is -0.000000191. The maximum absolute atomic E-state index is 11.4. The monoisotopic (exact) mass is 472 g/mol. The van der Waals surface area contributed by atoms with Gasteiger partial charge >= 0.3 is 11.9 Å². The van der Waals surface area contributed by atoms with E-state index in [1.54, 1.807) is 0 Å². The smallest absolute Gasteiger partial charge is 0.310 e. The van der Waals surface area contributed by atoms with Crippen LogP contribution in [0.1, 0.15) is 103 Å². The Morgan fingerprint density at radius 2 is 0.970 bits per heavy atom. The van der Waals surface area contributed by atoms with E-state index in [1.807, 2.05) is 27.7 Å². The number of carbonyl (C=O) groups excluding carboxylic acids is 7. The Morgan fingerprint density at radius 3 is 1.18 bits per heavy atom. The second-order valence-corrected chi connectivity index (χ2v) is 9.35. The molecule has 8 nitrogen and oxygen atoms in total. The lowest BCUT2D eigenvalue weighted by molar-refractivity contribution is -0.156. The van der Waals surface area contributed by atoms with E-state index in [0.717, 1.165) is 0 Å². The third-order valence-electron chi connectivity index (χ3n) is 4.39. The van der Waals surface area contributed by atoms with Crippen molar-refractivity contribution in [2.75, 3.05) is 0 Å². The summed E-state index contributed by atoms with van der Waals surface area (Å²) in [7, 11) is 0. The average Bonchev–Trinajstić information content (AvgIpc) is 2.40. The summed E-state index contributed by atoms with van der Waals surface area (Å²) in [6.07, 6.45) is 1.98. The van der Waals surface area contributed by atoms with E-state index in [0.29, 0.717) is 25.7 Å². The molecule has 192 valence electrons. The van der Waals surface area contributed by atoms with Gasteiger partial charge in [-0.1, -0.05) is 50.0 Å². The zero-order chi connectivity index (χ0) is 23.9. The maximum Gasteiger partial charge on any atom is 0.310 e. The highest BCUT2D eigenvalue weighted by molar-refractivity contribution is 6.20. The van der Waals surface area contributed by atoms with Crippen LogP contribution in [0.15, 0.2) is 0 Å². The average molecular weight is 473 g/mol. The van der Waals surface area contributed by atoms with Gasteiger partial charge < -0.3 is 4.74 Å². The number of ether oxygens (including phenoxy) is 1. The van der Waals surface area contributed by atoms with Gasteiger partial charge in [0.25, 0.3) is 0 Å². The molecule has 0 saturated heterocycles. The van der Waals surface area contributed by atoms with Crippen LogP contribution in [0.25, 0.3) is 0 Å². The first-order valence-electron chi connectivity index (χ1n) is 9.74. The predicted octanol–water partition coefficient (Wildman–Crippen LogP) is 4.49. The number of hydrogen-bond acceptors (Lipinski definition) is 8. The second-order valence-electron chi connectivity index (χ2n) is 9.35. The van der Waals surface area contributed by atoms with Crippen LogP contribution in [-0.2, 0) is 38.3 Å². The van der Waals surface area contributed by atoms with Gasteiger partial charge in [-0.15, -0.1) is 0 Å². The minimum Gasteiger partial charge on any atom is -0.394 e. The normalized spacial score (nSPS) is 18.4. The molecule has 0 radical (unpaired) electrons. The molecule has 2 rings (SSSR count). The second kappa shape index (κ2) is 15.3. The Hall–Kier alpha value is -2.51. The van der Waals surface area contributed by atoms with Crippen molar-refractivity contribution in [3.8, 4) is 0 Å². The zero-order valence-corrected chi connectivity index (χ0v) is 18.9. The summed E-state index contributed by atoms with van der Waals surface area (Å²) < 4.78 is 3.97. The van der Waals surface area contributed by atoms with E-state index < -0.39 is 17.9 Å². The molecule has 0 heterocycles. The van der Waals surface area contributed by atoms with Gasteiger partial charge in [-0.25, -0.2) is 0 Å². The van der Waals surface area contributed by atoms with E-state index in [-0.39, 0.29) is 68.4 Å². The summed E-state index contributed by atoms with van der Waals surface area (Å²) in [5.41, 5.74) is -0.341. The molecule has 0 N–H and O–H groups in total. The molecule has 0 aromatic heterocycles. The van der Waals surface area contributed by atoms with Crippen LogP contribution in [0.3, 0.4) is 0 Å². The van der Waals surface area contributed by atoms with Crippen LogP contribution in [0, 0.1) is 16.7 Å². The lowest BCUT2D eigenvalue weighted by atomic mass is 9.70. The van der Waals surface area contributed by atoms with Gasteiger partial charge in [0.1, 0.15) is 23.3 Å². The Bertz CT molecular complexity index is 694. The largest absolute Gasteiger partial charge is 0.394 e. The fourth-order valence-electron chi connectivity index (χ4n) is 3.52. The molecule has 0 spiro atoms. The van der Waals surface area contributed by atoms with E-state index in [1.165, 1.54) is 20.8 Å². The van der Waals surface area contributed by atoms with E-state index >= 15 is 0 Å². The number of rotatable bonds is 1. The minimum absolute atomic E-state index is 0. The molecular weight excluding hydrogens is 428 g/mol. The molecule has 0 amide bonds. The van der Waals surface area contributed by atoms with Gasteiger partial charge in [0, 0.05) is 39.5 Å². The van der Waals surface area contributed by atoms with Gasteiger partial charge in [-0.05, 0) is 17.8 Å². The molecule has 0 aromatic carbocycles. The van der Waals surface area contributed by atoms with Gasteiger partial charge in [0.2, 0.25) is 0 Å². The first kappa shape index (κ1) is 37.8. The Labute approximate surface area is 199 Å². The molecule has 0 unspecified atom stereocenters. The quantitative estimate of drug-likeness (QED) is 0.403. The lowest BCUT2D eigenvalue weighted by Crippen LogP contribution is -2.40. The summed E-state index contributed by atoms with van der Waals surface area (Å²) in [5, 5.41) is 0. The number of Topliss-reactive ketones (excluding diaryl/α,β-unsaturated/α-hetero) is 5. The van der Waals surface area contributed by atoms with Crippen LogP contribution in [0.4, 0.5) is 0 Å². The van der Waals surface area contributed by atoms with Crippen molar-refractivity contribution in [3.63, 3.8) is 0 Å². The Kier molecular flexibility index (Phi) is 17.6. The van der Waals surface area contributed by atoms with Crippen molar-refractivity contribution in [1.29, 1.82) is 0 Å². The predicted molar refractivity (Wildman–Crippen MR) is 127 cm³/mol. The molecule has 8 heteroatoms. The van der Waals surface area contributed by atoms with Crippen molar-refractivity contribution in [1.82, 2.24) is 0 Å². The summed E-state index contributed by atoms with van der Waals surface area (Å²) in [4.78, 5) is 75.2. The lowest BCUT2D eigenvalue weighted by Gasteiger charge is -2.30. The molecule has 33 heavy (non-hydrogen) atoms. The van der Waals surface area contributed by atoms with E-state index in [4.69, 9.17) is 0 Å². The first-order chi connectivity index (χ1) is 13.5.